The second kappa shape index (κ2) is 6.38. The molecule has 2 bridgehead atoms. The van der Waals surface area contributed by atoms with Crippen LogP contribution in [0.25, 0.3) is 0 Å². The molecule has 140 valence electrons. The van der Waals surface area contributed by atoms with Crippen LogP contribution in [0.4, 0.5) is 0 Å². The molecule has 0 unspecified atom stereocenters. The van der Waals surface area contributed by atoms with Crippen LogP contribution in [0.3, 0.4) is 0 Å². The normalized spacial score (nSPS) is 31.7. The maximum atomic E-state index is 13.3. The lowest BCUT2D eigenvalue weighted by Gasteiger charge is -2.51. The van der Waals surface area contributed by atoms with Crippen LogP contribution in [0.1, 0.15) is 40.2 Å². The highest BCUT2D eigenvalue weighted by Crippen LogP contribution is 2.47. The molecule has 4 saturated heterocycles. The van der Waals surface area contributed by atoms with Crippen molar-refractivity contribution in [1.29, 1.82) is 0 Å². The molecule has 0 saturated carbocycles. The summed E-state index contributed by atoms with van der Waals surface area (Å²) in [5, 5.41) is 9.56. The molecule has 4 heterocycles. The second-order valence-corrected chi connectivity index (χ2v) is 8.38. The Hall–Kier alpha value is -2.33. The van der Waals surface area contributed by atoms with Gasteiger partial charge in [-0.25, -0.2) is 0 Å². The number of nitrogens with zero attached hydrogens (tertiary/aromatic N) is 2. The van der Waals surface area contributed by atoms with Crippen molar-refractivity contribution < 1.29 is 9.90 Å². The van der Waals surface area contributed by atoms with Gasteiger partial charge in [0.25, 0.3) is 5.91 Å². The first-order valence-electron chi connectivity index (χ1n) is 10.0. The maximum Gasteiger partial charge on any atom is 0.254 e. The third-order valence-corrected chi connectivity index (χ3v) is 6.87. The topological polar surface area (TPSA) is 43.8 Å². The summed E-state index contributed by atoms with van der Waals surface area (Å²) < 4.78 is 0. The number of carbonyl (C=O) groups is 1. The molecule has 4 heteroatoms. The number of piperidine rings is 3. The van der Waals surface area contributed by atoms with E-state index in [1.165, 1.54) is 24.0 Å². The average Bonchev–Trinajstić information content (AvgIpc) is 3.12. The fraction of sp³-hybridized carbons (Fsp3) is 0.435. The minimum atomic E-state index is 0.105. The molecule has 0 spiro atoms. The smallest absolute Gasteiger partial charge is 0.254 e. The molecule has 0 aromatic heterocycles. The first-order chi connectivity index (χ1) is 13.1. The first-order valence-corrected chi connectivity index (χ1v) is 10.0. The number of aromatic hydroxyl groups is 1. The Morgan fingerprint density at radius 1 is 0.963 bits per heavy atom. The van der Waals surface area contributed by atoms with Crippen molar-refractivity contribution in [2.24, 2.45) is 5.92 Å². The Labute approximate surface area is 160 Å². The van der Waals surface area contributed by atoms with Gasteiger partial charge in [-0.15, -0.1) is 0 Å². The highest BCUT2D eigenvalue weighted by molar-refractivity contribution is 5.95. The third kappa shape index (κ3) is 2.74. The quantitative estimate of drug-likeness (QED) is 0.890. The SMILES string of the molecule is Cc1ccc([C@@H]2CN(C(=O)c3ccc(O)cc3)[C@@H]3C4CCN(CC4)[C@@H]32)cc1. The monoisotopic (exact) mass is 362 g/mol. The van der Waals surface area contributed by atoms with Gasteiger partial charge in [-0.05, 0) is 68.6 Å². The minimum absolute atomic E-state index is 0.105. The number of fused-ring (bicyclic) bond motifs is 2. The highest BCUT2D eigenvalue weighted by Gasteiger charge is 2.54. The Bertz CT molecular complexity index is 838. The number of aryl methyl sites for hydroxylation is 1. The molecule has 1 amide bonds. The summed E-state index contributed by atoms with van der Waals surface area (Å²) in [6.07, 6.45) is 2.39. The molecule has 4 nitrogen and oxygen atoms in total. The van der Waals surface area contributed by atoms with Crippen LogP contribution in [-0.4, -0.2) is 52.5 Å². The van der Waals surface area contributed by atoms with Gasteiger partial charge in [0.2, 0.25) is 0 Å². The Kier molecular flexibility index (Phi) is 3.97. The van der Waals surface area contributed by atoms with Crippen molar-refractivity contribution in [2.75, 3.05) is 19.6 Å². The zero-order valence-electron chi connectivity index (χ0n) is 15.7. The largest absolute Gasteiger partial charge is 0.508 e. The molecule has 2 aromatic carbocycles. The maximum absolute atomic E-state index is 13.3. The molecule has 4 aliphatic heterocycles. The molecule has 4 fully saturated rings. The summed E-state index contributed by atoms with van der Waals surface area (Å²) in [7, 11) is 0. The van der Waals surface area contributed by atoms with Gasteiger partial charge in [0, 0.05) is 24.1 Å². The second-order valence-electron chi connectivity index (χ2n) is 8.38. The zero-order valence-corrected chi connectivity index (χ0v) is 15.7. The van der Waals surface area contributed by atoms with Crippen LogP contribution in [0.2, 0.25) is 0 Å². The van der Waals surface area contributed by atoms with Gasteiger partial charge in [0.1, 0.15) is 5.75 Å². The Morgan fingerprint density at radius 3 is 2.30 bits per heavy atom. The number of likely N-dealkylation sites (tertiary alicyclic amines) is 1. The lowest BCUT2D eigenvalue weighted by Crippen LogP contribution is -2.60. The molecule has 27 heavy (non-hydrogen) atoms. The van der Waals surface area contributed by atoms with E-state index in [2.05, 4.69) is 41.0 Å². The molecule has 4 aliphatic rings. The van der Waals surface area contributed by atoms with E-state index >= 15 is 0 Å². The van der Waals surface area contributed by atoms with E-state index in [9.17, 15) is 9.90 Å². The molecular formula is C23H26N2O2. The van der Waals surface area contributed by atoms with E-state index in [-0.39, 0.29) is 11.7 Å². The highest BCUT2D eigenvalue weighted by atomic mass is 16.3. The number of hydrogen-bond acceptors (Lipinski definition) is 3. The van der Waals surface area contributed by atoms with Crippen molar-refractivity contribution in [3.8, 4) is 5.75 Å². The third-order valence-electron chi connectivity index (χ3n) is 6.87. The van der Waals surface area contributed by atoms with Crippen LogP contribution in [0.5, 0.6) is 5.75 Å². The van der Waals surface area contributed by atoms with Gasteiger partial charge in [0.05, 0.1) is 6.04 Å². The number of amides is 1. The van der Waals surface area contributed by atoms with E-state index in [0.29, 0.717) is 29.5 Å². The van der Waals surface area contributed by atoms with Crippen LogP contribution in [0.15, 0.2) is 48.5 Å². The van der Waals surface area contributed by atoms with Crippen LogP contribution in [0, 0.1) is 12.8 Å². The minimum Gasteiger partial charge on any atom is -0.508 e. The van der Waals surface area contributed by atoms with Gasteiger partial charge in [-0.1, -0.05) is 29.8 Å². The first kappa shape index (κ1) is 16.8. The molecule has 1 N–H and O–H groups in total. The van der Waals surface area contributed by atoms with E-state index in [1.807, 2.05) is 0 Å². The molecular weight excluding hydrogens is 336 g/mol. The summed E-state index contributed by atoms with van der Waals surface area (Å²) in [6.45, 7) is 5.23. The molecule has 0 radical (unpaired) electrons. The summed E-state index contributed by atoms with van der Waals surface area (Å²) in [6, 6.07) is 16.3. The van der Waals surface area contributed by atoms with Crippen molar-refractivity contribution in [1.82, 2.24) is 9.80 Å². The van der Waals surface area contributed by atoms with Crippen molar-refractivity contribution in [3.05, 3.63) is 65.2 Å². The number of rotatable bonds is 2. The van der Waals surface area contributed by atoms with Crippen LogP contribution < -0.4 is 0 Å². The average molecular weight is 362 g/mol. The number of phenols is 1. The van der Waals surface area contributed by atoms with E-state index in [0.717, 1.165) is 19.6 Å². The van der Waals surface area contributed by atoms with E-state index in [4.69, 9.17) is 0 Å². The van der Waals surface area contributed by atoms with Gasteiger partial charge in [0.15, 0.2) is 0 Å². The van der Waals surface area contributed by atoms with Gasteiger partial charge in [-0.3, -0.25) is 9.69 Å². The van der Waals surface area contributed by atoms with Gasteiger partial charge >= 0.3 is 0 Å². The number of hydrogen-bond donors (Lipinski definition) is 1. The van der Waals surface area contributed by atoms with Gasteiger partial charge < -0.3 is 10.0 Å². The Morgan fingerprint density at radius 2 is 1.63 bits per heavy atom. The summed E-state index contributed by atoms with van der Waals surface area (Å²) in [4.78, 5) is 18.1. The van der Waals surface area contributed by atoms with Crippen molar-refractivity contribution in [3.63, 3.8) is 0 Å². The van der Waals surface area contributed by atoms with Crippen molar-refractivity contribution in [2.45, 2.75) is 37.8 Å². The van der Waals surface area contributed by atoms with E-state index in [1.54, 1.807) is 24.3 Å². The van der Waals surface area contributed by atoms with Crippen molar-refractivity contribution >= 4 is 5.91 Å². The number of carbonyl (C=O) groups excluding carboxylic acids is 1. The van der Waals surface area contributed by atoms with Gasteiger partial charge in [-0.2, -0.15) is 0 Å². The molecule has 3 atom stereocenters. The van der Waals surface area contributed by atoms with Crippen LogP contribution in [-0.2, 0) is 0 Å². The fourth-order valence-corrected chi connectivity index (χ4v) is 5.53. The predicted octanol–water partition coefficient (Wildman–Crippen LogP) is 3.40. The zero-order chi connectivity index (χ0) is 18.5. The number of phenolic OH excluding ortho intramolecular Hbond substituents is 1. The molecule has 6 rings (SSSR count). The van der Waals surface area contributed by atoms with E-state index < -0.39 is 0 Å². The number of benzene rings is 2. The summed E-state index contributed by atoms with van der Waals surface area (Å²) in [5.74, 6) is 1.29. The molecule has 2 aromatic rings. The lowest BCUT2D eigenvalue weighted by atomic mass is 9.75. The summed E-state index contributed by atoms with van der Waals surface area (Å²) >= 11 is 0. The standard InChI is InChI=1S/C23H26N2O2/c1-15-2-4-16(5-3-15)20-14-25(23(27)18-6-8-19(26)9-7-18)21-17-10-12-24(13-11-17)22(20)21/h2-9,17,20-22,26H,10-14H2,1H3/t20-,21+,22+/m0/s1. The fourth-order valence-electron chi connectivity index (χ4n) is 5.53. The lowest BCUT2D eigenvalue weighted by molar-refractivity contribution is -0.00340. The predicted molar refractivity (Wildman–Crippen MR) is 105 cm³/mol. The van der Waals surface area contributed by atoms with Crippen LogP contribution >= 0.6 is 0 Å². The molecule has 0 aliphatic carbocycles. The summed E-state index contributed by atoms with van der Waals surface area (Å²) in [5.41, 5.74) is 3.30. The Balaban J connectivity index is 1.51.